The molecular formula is C18H27N3O. The minimum absolute atomic E-state index is 0.345. The fourth-order valence-electron chi connectivity index (χ4n) is 3.13. The van der Waals surface area contributed by atoms with Crippen molar-refractivity contribution in [2.24, 2.45) is 10.4 Å². The summed E-state index contributed by atoms with van der Waals surface area (Å²) in [6, 6.07) is 10.8. The summed E-state index contributed by atoms with van der Waals surface area (Å²) in [5.41, 5.74) is 1.85. The number of rotatable bonds is 6. The Hall–Kier alpha value is -1.55. The van der Waals surface area contributed by atoms with Crippen LogP contribution in [0.5, 0.6) is 0 Å². The Morgan fingerprint density at radius 1 is 1.27 bits per heavy atom. The van der Waals surface area contributed by atoms with Crippen LogP contribution in [0.2, 0.25) is 0 Å². The van der Waals surface area contributed by atoms with E-state index in [-0.39, 0.29) is 0 Å². The van der Waals surface area contributed by atoms with E-state index in [0.717, 1.165) is 38.5 Å². The number of ether oxygens (including phenoxy) is 1. The Labute approximate surface area is 133 Å². The van der Waals surface area contributed by atoms with Crippen molar-refractivity contribution in [3.8, 4) is 0 Å². The van der Waals surface area contributed by atoms with Gasteiger partial charge in [0, 0.05) is 26.7 Å². The standard InChI is InChI=1S/C18H27N3O/c1-19-17(20-13-16-8-5-11-22-16)21-14-18(9-10-18)12-15-6-3-2-4-7-15/h2-4,6-7,16H,5,8-14H2,1H3,(H2,19,20,21). The maximum atomic E-state index is 5.64. The summed E-state index contributed by atoms with van der Waals surface area (Å²) in [7, 11) is 1.83. The first-order valence-electron chi connectivity index (χ1n) is 8.40. The molecule has 1 aliphatic heterocycles. The minimum Gasteiger partial charge on any atom is -0.376 e. The first-order valence-corrected chi connectivity index (χ1v) is 8.40. The van der Waals surface area contributed by atoms with Gasteiger partial charge in [0.25, 0.3) is 0 Å². The van der Waals surface area contributed by atoms with E-state index >= 15 is 0 Å². The van der Waals surface area contributed by atoms with Gasteiger partial charge >= 0.3 is 0 Å². The fourth-order valence-corrected chi connectivity index (χ4v) is 3.13. The van der Waals surface area contributed by atoms with E-state index < -0.39 is 0 Å². The van der Waals surface area contributed by atoms with Gasteiger partial charge in [0.2, 0.25) is 0 Å². The molecule has 1 heterocycles. The van der Waals surface area contributed by atoms with Gasteiger partial charge in [-0.25, -0.2) is 0 Å². The Bertz CT molecular complexity index is 490. The van der Waals surface area contributed by atoms with E-state index in [9.17, 15) is 0 Å². The summed E-state index contributed by atoms with van der Waals surface area (Å²) in [6.07, 6.45) is 6.44. The second-order valence-corrected chi connectivity index (χ2v) is 6.60. The summed E-state index contributed by atoms with van der Waals surface area (Å²) in [5.74, 6) is 0.898. The number of hydrogen-bond donors (Lipinski definition) is 2. The van der Waals surface area contributed by atoms with E-state index in [1.165, 1.54) is 24.8 Å². The highest BCUT2D eigenvalue weighted by Crippen LogP contribution is 2.47. The molecule has 0 spiro atoms. The third-order valence-corrected chi connectivity index (χ3v) is 4.75. The van der Waals surface area contributed by atoms with E-state index in [4.69, 9.17) is 4.74 Å². The molecule has 0 radical (unpaired) electrons. The molecule has 1 unspecified atom stereocenters. The molecule has 1 aromatic carbocycles. The van der Waals surface area contributed by atoms with Crippen molar-refractivity contribution in [3.05, 3.63) is 35.9 Å². The maximum Gasteiger partial charge on any atom is 0.191 e. The summed E-state index contributed by atoms with van der Waals surface area (Å²) in [5, 5.41) is 6.89. The molecule has 1 saturated carbocycles. The molecule has 2 fully saturated rings. The van der Waals surface area contributed by atoms with Gasteiger partial charge < -0.3 is 15.4 Å². The topological polar surface area (TPSA) is 45.7 Å². The van der Waals surface area contributed by atoms with Crippen molar-refractivity contribution in [1.29, 1.82) is 0 Å². The van der Waals surface area contributed by atoms with Crippen molar-refractivity contribution in [2.45, 2.75) is 38.2 Å². The van der Waals surface area contributed by atoms with Crippen LogP contribution in [0.4, 0.5) is 0 Å². The third kappa shape index (κ3) is 4.23. The molecule has 22 heavy (non-hydrogen) atoms. The monoisotopic (exact) mass is 301 g/mol. The minimum atomic E-state index is 0.345. The van der Waals surface area contributed by atoms with Crippen LogP contribution >= 0.6 is 0 Å². The predicted molar refractivity (Wildman–Crippen MR) is 90.2 cm³/mol. The molecule has 120 valence electrons. The number of guanidine groups is 1. The SMILES string of the molecule is CN=C(NCC1CCCO1)NCC1(Cc2ccccc2)CC1. The second-order valence-electron chi connectivity index (χ2n) is 6.60. The van der Waals surface area contributed by atoms with E-state index in [1.54, 1.807) is 0 Å². The molecule has 1 aromatic rings. The lowest BCUT2D eigenvalue weighted by Gasteiger charge is -2.19. The molecule has 1 saturated heterocycles. The Balaban J connectivity index is 1.44. The number of hydrogen-bond acceptors (Lipinski definition) is 2. The summed E-state index contributed by atoms with van der Waals surface area (Å²) >= 11 is 0. The molecular weight excluding hydrogens is 274 g/mol. The smallest absolute Gasteiger partial charge is 0.191 e. The normalized spacial score (nSPS) is 23.3. The van der Waals surface area contributed by atoms with Gasteiger partial charge in [-0.2, -0.15) is 0 Å². The van der Waals surface area contributed by atoms with Crippen molar-refractivity contribution < 1.29 is 4.74 Å². The van der Waals surface area contributed by atoms with Gasteiger partial charge in [-0.1, -0.05) is 30.3 Å². The van der Waals surface area contributed by atoms with Gasteiger partial charge in [-0.3, -0.25) is 4.99 Å². The summed E-state index contributed by atoms with van der Waals surface area (Å²) in [4.78, 5) is 4.33. The van der Waals surface area contributed by atoms with Crippen LogP contribution < -0.4 is 10.6 Å². The van der Waals surface area contributed by atoms with Crippen LogP contribution in [0.15, 0.2) is 35.3 Å². The maximum absolute atomic E-state index is 5.64. The average Bonchev–Trinajstić information content (AvgIpc) is 3.11. The molecule has 3 rings (SSSR count). The zero-order valence-corrected chi connectivity index (χ0v) is 13.5. The lowest BCUT2D eigenvalue weighted by Crippen LogP contribution is -2.43. The molecule has 0 aromatic heterocycles. The fraction of sp³-hybridized carbons (Fsp3) is 0.611. The van der Waals surface area contributed by atoms with Crippen molar-refractivity contribution >= 4 is 5.96 Å². The van der Waals surface area contributed by atoms with Gasteiger partial charge in [0.1, 0.15) is 0 Å². The highest BCUT2D eigenvalue weighted by atomic mass is 16.5. The first kappa shape index (κ1) is 15.3. The van der Waals surface area contributed by atoms with Crippen LogP contribution in [0.25, 0.3) is 0 Å². The zero-order valence-electron chi connectivity index (χ0n) is 13.5. The molecule has 0 bridgehead atoms. The quantitative estimate of drug-likeness (QED) is 0.626. The number of nitrogens with one attached hydrogen (secondary N) is 2. The van der Waals surface area contributed by atoms with Crippen molar-refractivity contribution in [1.82, 2.24) is 10.6 Å². The average molecular weight is 301 g/mol. The Morgan fingerprint density at radius 2 is 2.09 bits per heavy atom. The van der Waals surface area contributed by atoms with Crippen LogP contribution in [0.3, 0.4) is 0 Å². The largest absolute Gasteiger partial charge is 0.376 e. The van der Waals surface area contributed by atoms with Gasteiger partial charge in [0.15, 0.2) is 5.96 Å². The van der Waals surface area contributed by atoms with Gasteiger partial charge in [-0.05, 0) is 43.1 Å². The predicted octanol–water partition coefficient (Wildman–Crippen LogP) is 2.35. The Morgan fingerprint density at radius 3 is 2.73 bits per heavy atom. The molecule has 2 N–H and O–H groups in total. The molecule has 2 aliphatic rings. The van der Waals surface area contributed by atoms with Crippen LogP contribution in [-0.2, 0) is 11.2 Å². The molecule has 4 nitrogen and oxygen atoms in total. The highest BCUT2D eigenvalue weighted by molar-refractivity contribution is 5.79. The number of aliphatic imine (C=N–C) groups is 1. The van der Waals surface area contributed by atoms with E-state index in [1.807, 2.05) is 7.05 Å². The van der Waals surface area contributed by atoms with Crippen LogP contribution in [0.1, 0.15) is 31.2 Å². The number of nitrogens with zero attached hydrogens (tertiary/aromatic N) is 1. The third-order valence-electron chi connectivity index (χ3n) is 4.75. The highest BCUT2D eigenvalue weighted by Gasteiger charge is 2.42. The number of benzene rings is 1. The van der Waals surface area contributed by atoms with Crippen molar-refractivity contribution in [3.63, 3.8) is 0 Å². The van der Waals surface area contributed by atoms with Crippen LogP contribution in [0, 0.1) is 5.41 Å². The van der Waals surface area contributed by atoms with Gasteiger partial charge in [0.05, 0.1) is 6.10 Å². The molecule has 4 heteroatoms. The summed E-state index contributed by atoms with van der Waals surface area (Å²) in [6.45, 7) is 2.75. The molecule has 1 atom stereocenters. The lowest BCUT2D eigenvalue weighted by molar-refractivity contribution is 0.113. The van der Waals surface area contributed by atoms with E-state index in [2.05, 4.69) is 46.0 Å². The van der Waals surface area contributed by atoms with E-state index in [0.29, 0.717) is 11.5 Å². The first-order chi connectivity index (χ1) is 10.8. The zero-order chi connectivity index (χ0) is 15.3. The molecule has 0 amide bonds. The summed E-state index contributed by atoms with van der Waals surface area (Å²) < 4.78 is 5.64. The lowest BCUT2D eigenvalue weighted by atomic mass is 9.96. The van der Waals surface area contributed by atoms with Crippen molar-refractivity contribution in [2.75, 3.05) is 26.7 Å². The molecule has 1 aliphatic carbocycles. The second kappa shape index (κ2) is 7.14. The Kier molecular flexibility index (Phi) is 4.98. The van der Waals surface area contributed by atoms with Crippen LogP contribution in [-0.4, -0.2) is 38.8 Å². The van der Waals surface area contributed by atoms with Gasteiger partial charge in [-0.15, -0.1) is 0 Å².